The zero-order chi connectivity index (χ0) is 11.5. The molecular weight excluding hydrogens is 192 g/mol. The molecule has 0 saturated heterocycles. The molecule has 0 radical (unpaired) electrons. The molecule has 0 aromatic heterocycles. The maximum absolute atomic E-state index is 11.0. The number of benzene rings is 1. The average Bonchev–Trinajstić information content (AvgIpc) is 2.28. The number of carbonyl (C=O) groups excluding carboxylic acids is 1. The van der Waals surface area contributed by atoms with Crippen LogP contribution in [-0.4, -0.2) is 11.2 Å². The second-order valence-electron chi connectivity index (χ2n) is 4.19. The maximum Gasteiger partial charge on any atom is 0.372 e. The van der Waals surface area contributed by atoms with Crippen LogP contribution in [0.1, 0.15) is 43.1 Å². The second kappa shape index (κ2) is 4.45. The fraction of sp³-hybridized carbons (Fsp3) is 0.417. The third kappa shape index (κ3) is 2.57. The molecule has 3 nitrogen and oxygen atoms in total. The standard InChI is InChI=1S/C12H16O3/c1-4-12(2,3)10-7-5-9(6-8-10)11(13)15-14/h5-8,14H,4H2,1-3H3. The molecule has 0 aliphatic carbocycles. The third-order valence-corrected chi connectivity index (χ3v) is 2.87. The van der Waals surface area contributed by atoms with Crippen molar-refractivity contribution in [1.29, 1.82) is 0 Å². The van der Waals surface area contributed by atoms with E-state index >= 15 is 0 Å². The van der Waals surface area contributed by atoms with Crippen LogP contribution in [-0.2, 0) is 10.3 Å². The molecule has 1 rings (SSSR count). The van der Waals surface area contributed by atoms with Gasteiger partial charge in [-0.15, -0.1) is 0 Å². The first kappa shape index (κ1) is 11.7. The highest BCUT2D eigenvalue weighted by atomic mass is 17.1. The van der Waals surface area contributed by atoms with Gasteiger partial charge in [-0.3, -0.25) is 4.89 Å². The van der Waals surface area contributed by atoms with Crippen molar-refractivity contribution in [2.45, 2.75) is 32.6 Å². The van der Waals surface area contributed by atoms with Crippen LogP contribution >= 0.6 is 0 Å². The highest BCUT2D eigenvalue weighted by molar-refractivity contribution is 5.88. The van der Waals surface area contributed by atoms with E-state index in [1.165, 1.54) is 5.56 Å². The molecule has 0 unspecified atom stereocenters. The molecule has 1 N–H and O–H groups in total. The van der Waals surface area contributed by atoms with Gasteiger partial charge in [-0.2, -0.15) is 5.26 Å². The molecule has 0 aliphatic rings. The first-order valence-electron chi connectivity index (χ1n) is 4.97. The van der Waals surface area contributed by atoms with Gasteiger partial charge in [0, 0.05) is 0 Å². The fourth-order valence-corrected chi connectivity index (χ4v) is 1.31. The summed E-state index contributed by atoms with van der Waals surface area (Å²) in [4.78, 5) is 14.6. The summed E-state index contributed by atoms with van der Waals surface area (Å²) < 4.78 is 0. The van der Waals surface area contributed by atoms with Crippen LogP contribution in [0.25, 0.3) is 0 Å². The Morgan fingerprint density at radius 1 is 1.33 bits per heavy atom. The lowest BCUT2D eigenvalue weighted by molar-refractivity contribution is -0.182. The van der Waals surface area contributed by atoms with Crippen LogP contribution < -0.4 is 0 Å². The summed E-state index contributed by atoms with van der Waals surface area (Å²) in [6, 6.07) is 7.09. The largest absolute Gasteiger partial charge is 0.372 e. The van der Waals surface area contributed by atoms with Gasteiger partial charge >= 0.3 is 5.97 Å². The Morgan fingerprint density at radius 2 is 1.87 bits per heavy atom. The predicted molar refractivity (Wildman–Crippen MR) is 57.8 cm³/mol. The van der Waals surface area contributed by atoms with Crippen molar-refractivity contribution in [3.63, 3.8) is 0 Å². The number of carbonyl (C=O) groups is 1. The first-order chi connectivity index (χ1) is 7.01. The Hall–Kier alpha value is -1.35. The van der Waals surface area contributed by atoms with Crippen molar-refractivity contribution in [2.24, 2.45) is 0 Å². The highest BCUT2D eigenvalue weighted by Crippen LogP contribution is 2.26. The molecule has 0 aliphatic heterocycles. The van der Waals surface area contributed by atoms with Crippen molar-refractivity contribution < 1.29 is 14.9 Å². The monoisotopic (exact) mass is 208 g/mol. The van der Waals surface area contributed by atoms with Crippen molar-refractivity contribution in [2.75, 3.05) is 0 Å². The van der Waals surface area contributed by atoms with Crippen molar-refractivity contribution in [3.8, 4) is 0 Å². The van der Waals surface area contributed by atoms with Gasteiger partial charge in [0.15, 0.2) is 0 Å². The summed E-state index contributed by atoms with van der Waals surface area (Å²) in [5.41, 5.74) is 1.62. The van der Waals surface area contributed by atoms with Crippen LogP contribution in [0.5, 0.6) is 0 Å². The topological polar surface area (TPSA) is 46.5 Å². The van der Waals surface area contributed by atoms with Crippen LogP contribution in [0.3, 0.4) is 0 Å². The van der Waals surface area contributed by atoms with Gasteiger partial charge in [0.1, 0.15) is 0 Å². The summed E-state index contributed by atoms with van der Waals surface area (Å²) in [6.45, 7) is 6.41. The van der Waals surface area contributed by atoms with Crippen molar-refractivity contribution >= 4 is 5.97 Å². The van der Waals surface area contributed by atoms with Crippen LogP contribution in [0.4, 0.5) is 0 Å². The molecule has 0 fully saturated rings. The summed E-state index contributed by atoms with van der Waals surface area (Å²) in [6.07, 6.45) is 1.02. The molecule has 1 aromatic carbocycles. The summed E-state index contributed by atoms with van der Waals surface area (Å²) in [5, 5.41) is 8.21. The highest BCUT2D eigenvalue weighted by Gasteiger charge is 2.18. The first-order valence-corrected chi connectivity index (χ1v) is 4.97. The zero-order valence-electron chi connectivity index (χ0n) is 9.28. The van der Waals surface area contributed by atoms with Gasteiger partial charge < -0.3 is 0 Å². The van der Waals surface area contributed by atoms with E-state index in [-0.39, 0.29) is 5.41 Å². The van der Waals surface area contributed by atoms with Gasteiger partial charge in [0.05, 0.1) is 5.56 Å². The van der Waals surface area contributed by atoms with Crippen LogP contribution in [0, 0.1) is 0 Å². The number of rotatable bonds is 3. The summed E-state index contributed by atoms with van der Waals surface area (Å²) in [7, 11) is 0. The van der Waals surface area contributed by atoms with E-state index in [2.05, 4.69) is 25.7 Å². The summed E-state index contributed by atoms with van der Waals surface area (Å²) >= 11 is 0. The van der Waals surface area contributed by atoms with Crippen LogP contribution in [0.15, 0.2) is 24.3 Å². The van der Waals surface area contributed by atoms with Crippen molar-refractivity contribution in [3.05, 3.63) is 35.4 Å². The smallest absolute Gasteiger partial charge is 0.296 e. The minimum Gasteiger partial charge on any atom is -0.296 e. The molecular formula is C12H16O3. The Labute approximate surface area is 89.6 Å². The van der Waals surface area contributed by atoms with E-state index in [4.69, 9.17) is 5.26 Å². The van der Waals surface area contributed by atoms with E-state index in [1.807, 2.05) is 12.1 Å². The molecule has 1 aromatic rings. The molecule has 3 heteroatoms. The van der Waals surface area contributed by atoms with Crippen molar-refractivity contribution in [1.82, 2.24) is 0 Å². The molecule has 15 heavy (non-hydrogen) atoms. The Kier molecular flexibility index (Phi) is 3.48. The van der Waals surface area contributed by atoms with Gasteiger partial charge in [-0.25, -0.2) is 4.79 Å². The molecule has 0 heterocycles. The molecule has 82 valence electrons. The third-order valence-electron chi connectivity index (χ3n) is 2.87. The number of hydrogen-bond donors (Lipinski definition) is 1. The van der Waals surface area contributed by atoms with Crippen LogP contribution in [0.2, 0.25) is 0 Å². The molecule has 0 amide bonds. The van der Waals surface area contributed by atoms with E-state index in [0.29, 0.717) is 5.56 Å². The lowest BCUT2D eigenvalue weighted by Gasteiger charge is -2.23. The predicted octanol–water partition coefficient (Wildman–Crippen LogP) is 3.00. The maximum atomic E-state index is 11.0. The van der Waals surface area contributed by atoms with Gasteiger partial charge in [-0.05, 0) is 29.5 Å². The van der Waals surface area contributed by atoms with E-state index in [0.717, 1.165) is 6.42 Å². The second-order valence-corrected chi connectivity index (χ2v) is 4.19. The Morgan fingerprint density at radius 3 is 2.27 bits per heavy atom. The van der Waals surface area contributed by atoms with Gasteiger partial charge in [0.25, 0.3) is 0 Å². The average molecular weight is 208 g/mol. The fourth-order valence-electron chi connectivity index (χ4n) is 1.31. The summed E-state index contributed by atoms with van der Waals surface area (Å²) in [5.74, 6) is -0.726. The number of hydrogen-bond acceptors (Lipinski definition) is 3. The molecule has 0 saturated carbocycles. The van der Waals surface area contributed by atoms with E-state index in [1.54, 1.807) is 12.1 Å². The Balaban J connectivity index is 2.95. The normalized spacial score (nSPS) is 11.2. The van der Waals surface area contributed by atoms with Gasteiger partial charge in [0.2, 0.25) is 0 Å². The minimum atomic E-state index is -0.726. The SMILES string of the molecule is CCC(C)(C)c1ccc(C(=O)OO)cc1. The van der Waals surface area contributed by atoms with E-state index < -0.39 is 5.97 Å². The van der Waals surface area contributed by atoms with Gasteiger partial charge in [-0.1, -0.05) is 32.9 Å². The lowest BCUT2D eigenvalue weighted by atomic mass is 9.82. The minimum absolute atomic E-state index is 0.0989. The lowest BCUT2D eigenvalue weighted by Crippen LogP contribution is -2.15. The van der Waals surface area contributed by atoms with E-state index in [9.17, 15) is 4.79 Å². The Bertz CT molecular complexity index is 338. The molecule has 0 atom stereocenters. The quantitative estimate of drug-likeness (QED) is 0.613. The molecule has 0 bridgehead atoms. The molecule has 0 spiro atoms. The zero-order valence-corrected chi connectivity index (χ0v) is 9.28.